The number of nitrogens with zero attached hydrogens (tertiary/aromatic N) is 1. The zero-order chi connectivity index (χ0) is 9.54. The molecule has 2 heteroatoms. The van der Waals surface area contributed by atoms with Crippen molar-refractivity contribution in [3.63, 3.8) is 0 Å². The Morgan fingerprint density at radius 3 is 2.64 bits per heavy atom. The van der Waals surface area contributed by atoms with Gasteiger partial charge in [0.15, 0.2) is 0 Å². The van der Waals surface area contributed by atoms with Crippen LogP contribution in [0.2, 0.25) is 0 Å². The summed E-state index contributed by atoms with van der Waals surface area (Å²) in [5, 5.41) is 0. The van der Waals surface area contributed by atoms with Crippen molar-refractivity contribution in [1.29, 1.82) is 0 Å². The Hall–Kier alpha value is -0.0800. The Kier molecular flexibility index (Phi) is 2.29. The van der Waals surface area contributed by atoms with Gasteiger partial charge in [0.1, 0.15) is 0 Å². The third-order valence-corrected chi connectivity index (χ3v) is 4.53. The second-order valence-corrected chi connectivity index (χ2v) is 5.50. The monoisotopic (exact) mass is 194 g/mol. The van der Waals surface area contributed by atoms with Crippen LogP contribution in [0, 0.1) is 17.8 Å². The minimum absolute atomic E-state index is 0.730. The summed E-state index contributed by atoms with van der Waals surface area (Å²) in [7, 11) is 0. The molecular weight excluding hydrogens is 172 g/mol. The maximum absolute atomic E-state index is 5.69. The molecule has 2 nitrogen and oxygen atoms in total. The largest absolute Gasteiger partial charge is 0.329 e. The molecule has 0 bridgehead atoms. The molecule has 0 aromatic heterocycles. The van der Waals surface area contributed by atoms with Gasteiger partial charge in [-0.2, -0.15) is 0 Å². The molecule has 3 fully saturated rings. The molecule has 3 aliphatic rings. The molecule has 0 aromatic carbocycles. The van der Waals surface area contributed by atoms with E-state index in [1.165, 1.54) is 38.8 Å². The summed E-state index contributed by atoms with van der Waals surface area (Å²) in [6, 6.07) is 0.730. The van der Waals surface area contributed by atoms with Crippen LogP contribution in [-0.4, -0.2) is 30.6 Å². The molecule has 0 aromatic rings. The summed E-state index contributed by atoms with van der Waals surface area (Å²) in [6.07, 6.45) is 7.42. The van der Waals surface area contributed by atoms with Crippen molar-refractivity contribution in [2.24, 2.45) is 23.5 Å². The summed E-state index contributed by atoms with van der Waals surface area (Å²) >= 11 is 0. The quantitative estimate of drug-likeness (QED) is 0.718. The topological polar surface area (TPSA) is 29.3 Å². The Morgan fingerprint density at radius 1 is 1.21 bits per heavy atom. The van der Waals surface area contributed by atoms with Crippen molar-refractivity contribution in [2.45, 2.75) is 38.1 Å². The van der Waals surface area contributed by atoms with Crippen LogP contribution in [0.3, 0.4) is 0 Å². The van der Waals surface area contributed by atoms with Gasteiger partial charge in [0.05, 0.1) is 0 Å². The zero-order valence-electron chi connectivity index (χ0n) is 8.99. The lowest BCUT2D eigenvalue weighted by atomic mass is 10.0. The van der Waals surface area contributed by atoms with E-state index in [2.05, 4.69) is 4.90 Å². The van der Waals surface area contributed by atoms with Crippen molar-refractivity contribution in [2.75, 3.05) is 19.6 Å². The third kappa shape index (κ3) is 1.70. The molecule has 1 heterocycles. The Morgan fingerprint density at radius 2 is 2.07 bits per heavy atom. The van der Waals surface area contributed by atoms with Gasteiger partial charge in [-0.3, -0.25) is 4.90 Å². The maximum Gasteiger partial charge on any atom is 0.0230 e. The van der Waals surface area contributed by atoms with E-state index >= 15 is 0 Å². The van der Waals surface area contributed by atoms with Gasteiger partial charge < -0.3 is 5.73 Å². The predicted molar refractivity (Wildman–Crippen MR) is 58.0 cm³/mol. The van der Waals surface area contributed by atoms with Crippen LogP contribution < -0.4 is 5.73 Å². The number of hydrogen-bond donors (Lipinski definition) is 1. The third-order valence-electron chi connectivity index (χ3n) is 4.53. The van der Waals surface area contributed by atoms with Gasteiger partial charge in [0, 0.05) is 19.1 Å². The summed E-state index contributed by atoms with van der Waals surface area (Å²) in [4.78, 5) is 2.59. The summed E-state index contributed by atoms with van der Waals surface area (Å²) in [5.74, 6) is 3.40. The standard InChI is InChI=1S/C12H22N2/c13-8-11-4-6-14(11)5-3-10-7-12(10)9-1-2-9/h9-12H,1-8,13H2/t10-,11?,12+/m1/s1. The van der Waals surface area contributed by atoms with Gasteiger partial charge in [0.2, 0.25) is 0 Å². The lowest BCUT2D eigenvalue weighted by molar-refractivity contribution is 0.0928. The van der Waals surface area contributed by atoms with Crippen LogP contribution in [0.1, 0.15) is 32.1 Å². The van der Waals surface area contributed by atoms with Gasteiger partial charge in [0.25, 0.3) is 0 Å². The van der Waals surface area contributed by atoms with Gasteiger partial charge in [-0.25, -0.2) is 0 Å². The highest BCUT2D eigenvalue weighted by Crippen LogP contribution is 2.55. The minimum Gasteiger partial charge on any atom is -0.329 e. The summed E-state index contributed by atoms with van der Waals surface area (Å²) in [6.45, 7) is 3.51. The molecule has 1 aliphatic heterocycles. The van der Waals surface area contributed by atoms with Crippen LogP contribution in [0.15, 0.2) is 0 Å². The normalized spacial score (nSPS) is 42.2. The van der Waals surface area contributed by atoms with E-state index in [9.17, 15) is 0 Å². The first-order chi connectivity index (χ1) is 6.88. The Labute approximate surface area is 86.8 Å². The van der Waals surface area contributed by atoms with Crippen LogP contribution in [0.25, 0.3) is 0 Å². The maximum atomic E-state index is 5.69. The fourth-order valence-corrected chi connectivity index (χ4v) is 3.09. The molecule has 3 atom stereocenters. The number of hydrogen-bond acceptors (Lipinski definition) is 2. The molecule has 1 saturated heterocycles. The molecule has 2 aliphatic carbocycles. The van der Waals surface area contributed by atoms with E-state index in [0.29, 0.717) is 0 Å². The number of likely N-dealkylation sites (tertiary alicyclic amines) is 1. The van der Waals surface area contributed by atoms with Crippen molar-refractivity contribution in [3.05, 3.63) is 0 Å². The molecule has 2 saturated carbocycles. The zero-order valence-corrected chi connectivity index (χ0v) is 8.99. The van der Waals surface area contributed by atoms with E-state index in [1.807, 2.05) is 0 Å². The van der Waals surface area contributed by atoms with Gasteiger partial charge in [-0.1, -0.05) is 0 Å². The first-order valence-electron chi connectivity index (χ1n) is 6.32. The van der Waals surface area contributed by atoms with Crippen molar-refractivity contribution in [3.8, 4) is 0 Å². The Bertz CT molecular complexity index is 210. The van der Waals surface area contributed by atoms with Crippen LogP contribution >= 0.6 is 0 Å². The molecule has 80 valence electrons. The molecule has 0 radical (unpaired) electrons. The van der Waals surface area contributed by atoms with Crippen molar-refractivity contribution in [1.82, 2.24) is 4.90 Å². The second kappa shape index (κ2) is 3.49. The minimum atomic E-state index is 0.730. The van der Waals surface area contributed by atoms with E-state index in [0.717, 1.165) is 30.3 Å². The SMILES string of the molecule is NCC1CCN1CC[C@@H]1C[C@H]1C1CC1. The fourth-order valence-electron chi connectivity index (χ4n) is 3.09. The van der Waals surface area contributed by atoms with E-state index in [-0.39, 0.29) is 0 Å². The molecule has 1 unspecified atom stereocenters. The molecule has 0 spiro atoms. The summed E-state index contributed by atoms with van der Waals surface area (Å²) in [5.41, 5.74) is 5.69. The highest BCUT2D eigenvalue weighted by atomic mass is 15.2. The van der Waals surface area contributed by atoms with Gasteiger partial charge in [-0.05, 0) is 56.4 Å². The second-order valence-electron chi connectivity index (χ2n) is 5.50. The first kappa shape index (κ1) is 9.17. The highest BCUT2D eigenvalue weighted by Gasteiger charge is 2.47. The lowest BCUT2D eigenvalue weighted by Crippen LogP contribution is -2.51. The van der Waals surface area contributed by atoms with Crippen LogP contribution in [0.4, 0.5) is 0 Å². The van der Waals surface area contributed by atoms with Crippen LogP contribution in [-0.2, 0) is 0 Å². The first-order valence-corrected chi connectivity index (χ1v) is 6.32. The lowest BCUT2D eigenvalue weighted by Gasteiger charge is -2.40. The van der Waals surface area contributed by atoms with E-state index in [4.69, 9.17) is 5.73 Å². The molecule has 0 amide bonds. The van der Waals surface area contributed by atoms with E-state index in [1.54, 1.807) is 6.42 Å². The van der Waals surface area contributed by atoms with Gasteiger partial charge in [-0.15, -0.1) is 0 Å². The smallest absolute Gasteiger partial charge is 0.0230 e. The average molecular weight is 194 g/mol. The fraction of sp³-hybridized carbons (Fsp3) is 1.00. The molecular formula is C12H22N2. The number of nitrogens with two attached hydrogens (primary N) is 1. The predicted octanol–water partition coefficient (Wildman–Crippen LogP) is 1.46. The Balaban J connectivity index is 1.34. The van der Waals surface area contributed by atoms with Crippen molar-refractivity contribution >= 4 is 0 Å². The van der Waals surface area contributed by atoms with Crippen LogP contribution in [0.5, 0.6) is 0 Å². The highest BCUT2D eigenvalue weighted by molar-refractivity contribution is 4.97. The molecule has 3 rings (SSSR count). The van der Waals surface area contributed by atoms with Gasteiger partial charge >= 0.3 is 0 Å². The average Bonchev–Trinajstić information content (AvgIpc) is 2.98. The van der Waals surface area contributed by atoms with Crippen molar-refractivity contribution < 1.29 is 0 Å². The number of rotatable bonds is 5. The molecule has 2 N–H and O–H groups in total. The summed E-state index contributed by atoms with van der Waals surface area (Å²) < 4.78 is 0. The molecule has 14 heavy (non-hydrogen) atoms. The van der Waals surface area contributed by atoms with E-state index < -0.39 is 0 Å².